The van der Waals surface area contributed by atoms with Gasteiger partial charge >= 0.3 is 0 Å². The van der Waals surface area contributed by atoms with Crippen molar-refractivity contribution in [3.05, 3.63) is 69.3 Å². The Labute approximate surface area is 128 Å². The number of benzene rings is 2. The van der Waals surface area contributed by atoms with Gasteiger partial charge in [0.15, 0.2) is 0 Å². The number of nitrogens with two attached hydrogens (primary N) is 1. The van der Waals surface area contributed by atoms with E-state index in [2.05, 4.69) is 70.4 Å². The first-order chi connectivity index (χ1) is 9.93. The molecule has 0 aliphatic heterocycles. The standard InChI is InChI=1S/C19H26N2/c1-12-9-14(3)18(15(4)10-12)11-19(21-20)17-8-6-7-13(2)16(17)5/h6-10,19,21H,11,20H2,1-5H3. The van der Waals surface area contributed by atoms with Gasteiger partial charge in [0, 0.05) is 0 Å². The van der Waals surface area contributed by atoms with Gasteiger partial charge in [-0.3, -0.25) is 11.3 Å². The van der Waals surface area contributed by atoms with Gasteiger partial charge in [-0.15, -0.1) is 0 Å². The molecular weight excluding hydrogens is 256 g/mol. The Bertz CT molecular complexity index is 621. The largest absolute Gasteiger partial charge is 0.271 e. The van der Waals surface area contributed by atoms with E-state index >= 15 is 0 Å². The zero-order valence-electron chi connectivity index (χ0n) is 13.7. The van der Waals surface area contributed by atoms with Crippen molar-refractivity contribution in [3.63, 3.8) is 0 Å². The Morgan fingerprint density at radius 1 is 0.952 bits per heavy atom. The normalized spacial score (nSPS) is 12.5. The van der Waals surface area contributed by atoms with Crippen LogP contribution in [-0.2, 0) is 6.42 Å². The summed E-state index contributed by atoms with van der Waals surface area (Å²) in [5.41, 5.74) is 12.3. The second-order valence-electron chi connectivity index (χ2n) is 6.09. The van der Waals surface area contributed by atoms with Crippen LogP contribution in [0.5, 0.6) is 0 Å². The van der Waals surface area contributed by atoms with E-state index in [9.17, 15) is 0 Å². The number of nitrogens with one attached hydrogen (secondary N) is 1. The van der Waals surface area contributed by atoms with E-state index in [0.717, 1.165) is 6.42 Å². The minimum atomic E-state index is 0.144. The van der Waals surface area contributed by atoms with Crippen LogP contribution >= 0.6 is 0 Å². The summed E-state index contributed by atoms with van der Waals surface area (Å²) < 4.78 is 0. The zero-order valence-corrected chi connectivity index (χ0v) is 13.7. The quantitative estimate of drug-likeness (QED) is 0.657. The smallest absolute Gasteiger partial charge is 0.0503 e. The lowest BCUT2D eigenvalue weighted by molar-refractivity contribution is 0.546. The molecule has 0 aromatic heterocycles. The predicted octanol–water partition coefficient (Wildman–Crippen LogP) is 3.98. The number of hydrogen-bond donors (Lipinski definition) is 2. The minimum absolute atomic E-state index is 0.144. The fraction of sp³-hybridized carbons (Fsp3) is 0.368. The highest BCUT2D eigenvalue weighted by Crippen LogP contribution is 2.26. The number of hydrogen-bond acceptors (Lipinski definition) is 2. The molecule has 1 atom stereocenters. The first kappa shape index (κ1) is 15.7. The number of rotatable bonds is 4. The molecule has 0 aliphatic carbocycles. The summed E-state index contributed by atoms with van der Waals surface area (Å²) in [7, 11) is 0. The Morgan fingerprint density at radius 3 is 2.14 bits per heavy atom. The average Bonchev–Trinajstić information content (AvgIpc) is 2.42. The Balaban J connectivity index is 2.38. The molecule has 0 saturated carbocycles. The molecule has 3 N–H and O–H groups in total. The third-order valence-electron chi connectivity index (χ3n) is 4.47. The summed E-state index contributed by atoms with van der Waals surface area (Å²) in [6.45, 7) is 10.8. The van der Waals surface area contributed by atoms with E-state index in [-0.39, 0.29) is 6.04 Å². The number of aryl methyl sites for hydroxylation is 4. The summed E-state index contributed by atoms with van der Waals surface area (Å²) in [6, 6.07) is 11.1. The van der Waals surface area contributed by atoms with Gasteiger partial charge in [0.05, 0.1) is 6.04 Å². The third kappa shape index (κ3) is 3.34. The Kier molecular flexibility index (Phi) is 4.81. The van der Waals surface area contributed by atoms with Crippen LogP contribution in [0, 0.1) is 34.6 Å². The molecule has 0 saturated heterocycles. The predicted molar refractivity (Wildman–Crippen MR) is 90.3 cm³/mol. The first-order valence-corrected chi connectivity index (χ1v) is 7.53. The van der Waals surface area contributed by atoms with E-state index in [4.69, 9.17) is 5.84 Å². The van der Waals surface area contributed by atoms with Gasteiger partial charge in [0.1, 0.15) is 0 Å². The molecule has 0 radical (unpaired) electrons. The van der Waals surface area contributed by atoms with E-state index in [1.165, 1.54) is 38.9 Å². The van der Waals surface area contributed by atoms with E-state index in [0.29, 0.717) is 0 Å². The van der Waals surface area contributed by atoms with Gasteiger partial charge in [0.2, 0.25) is 0 Å². The van der Waals surface area contributed by atoms with Gasteiger partial charge in [-0.25, -0.2) is 0 Å². The van der Waals surface area contributed by atoms with Crippen molar-refractivity contribution in [2.75, 3.05) is 0 Å². The molecule has 2 rings (SSSR count). The van der Waals surface area contributed by atoms with Gasteiger partial charge in [-0.1, -0.05) is 35.9 Å². The van der Waals surface area contributed by atoms with Gasteiger partial charge in [-0.05, 0) is 74.4 Å². The van der Waals surface area contributed by atoms with Crippen molar-refractivity contribution in [2.45, 2.75) is 47.1 Å². The zero-order chi connectivity index (χ0) is 15.6. The topological polar surface area (TPSA) is 38.0 Å². The maximum absolute atomic E-state index is 5.85. The second kappa shape index (κ2) is 6.42. The van der Waals surface area contributed by atoms with Crippen LogP contribution in [0.3, 0.4) is 0 Å². The van der Waals surface area contributed by atoms with Gasteiger partial charge < -0.3 is 0 Å². The van der Waals surface area contributed by atoms with Crippen molar-refractivity contribution in [1.29, 1.82) is 0 Å². The summed E-state index contributed by atoms with van der Waals surface area (Å²) >= 11 is 0. The SMILES string of the molecule is Cc1cc(C)c(CC(NN)c2cccc(C)c2C)c(C)c1. The minimum Gasteiger partial charge on any atom is -0.271 e. The van der Waals surface area contributed by atoms with Crippen LogP contribution in [0.25, 0.3) is 0 Å². The molecular formula is C19H26N2. The lowest BCUT2D eigenvalue weighted by Gasteiger charge is -2.22. The molecule has 0 spiro atoms. The molecule has 2 aromatic carbocycles. The summed E-state index contributed by atoms with van der Waals surface area (Å²) in [5.74, 6) is 5.85. The highest BCUT2D eigenvalue weighted by molar-refractivity contribution is 5.41. The van der Waals surface area contributed by atoms with Crippen LogP contribution in [0.4, 0.5) is 0 Å². The first-order valence-electron chi connectivity index (χ1n) is 7.53. The maximum atomic E-state index is 5.85. The Morgan fingerprint density at radius 2 is 1.57 bits per heavy atom. The molecule has 2 heteroatoms. The van der Waals surface area contributed by atoms with Crippen LogP contribution in [0.2, 0.25) is 0 Å². The third-order valence-corrected chi connectivity index (χ3v) is 4.47. The average molecular weight is 282 g/mol. The lowest BCUT2D eigenvalue weighted by atomic mass is 9.89. The molecule has 2 aromatic rings. The van der Waals surface area contributed by atoms with Crippen molar-refractivity contribution in [3.8, 4) is 0 Å². The fourth-order valence-electron chi connectivity index (χ4n) is 3.15. The van der Waals surface area contributed by atoms with Crippen LogP contribution in [-0.4, -0.2) is 0 Å². The van der Waals surface area contributed by atoms with Gasteiger partial charge in [0.25, 0.3) is 0 Å². The van der Waals surface area contributed by atoms with Crippen molar-refractivity contribution >= 4 is 0 Å². The van der Waals surface area contributed by atoms with Crippen molar-refractivity contribution in [2.24, 2.45) is 5.84 Å². The van der Waals surface area contributed by atoms with Crippen LogP contribution in [0.1, 0.15) is 45.0 Å². The highest BCUT2D eigenvalue weighted by Gasteiger charge is 2.16. The van der Waals surface area contributed by atoms with Crippen LogP contribution < -0.4 is 11.3 Å². The number of hydrazine groups is 1. The summed E-state index contributed by atoms with van der Waals surface area (Å²) in [6.07, 6.45) is 0.915. The highest BCUT2D eigenvalue weighted by atomic mass is 15.2. The Hall–Kier alpha value is -1.64. The molecule has 1 unspecified atom stereocenters. The molecule has 0 amide bonds. The molecule has 0 heterocycles. The molecule has 0 fully saturated rings. The molecule has 0 bridgehead atoms. The van der Waals surface area contributed by atoms with E-state index in [1.807, 2.05) is 0 Å². The molecule has 2 nitrogen and oxygen atoms in total. The van der Waals surface area contributed by atoms with E-state index < -0.39 is 0 Å². The molecule has 112 valence electrons. The van der Waals surface area contributed by atoms with Crippen molar-refractivity contribution in [1.82, 2.24) is 5.43 Å². The van der Waals surface area contributed by atoms with E-state index in [1.54, 1.807) is 0 Å². The fourth-order valence-corrected chi connectivity index (χ4v) is 3.15. The van der Waals surface area contributed by atoms with Crippen molar-refractivity contribution < 1.29 is 0 Å². The monoisotopic (exact) mass is 282 g/mol. The maximum Gasteiger partial charge on any atom is 0.0503 e. The summed E-state index contributed by atoms with van der Waals surface area (Å²) in [5, 5.41) is 0. The second-order valence-corrected chi connectivity index (χ2v) is 6.09. The van der Waals surface area contributed by atoms with Gasteiger partial charge in [-0.2, -0.15) is 0 Å². The summed E-state index contributed by atoms with van der Waals surface area (Å²) in [4.78, 5) is 0. The molecule has 0 aliphatic rings. The lowest BCUT2D eigenvalue weighted by Crippen LogP contribution is -2.30. The molecule has 21 heavy (non-hydrogen) atoms. The van der Waals surface area contributed by atoms with Crippen LogP contribution in [0.15, 0.2) is 30.3 Å².